The van der Waals surface area contributed by atoms with Crippen molar-refractivity contribution in [2.45, 2.75) is 77.6 Å². The van der Waals surface area contributed by atoms with E-state index in [0.29, 0.717) is 18.3 Å². The van der Waals surface area contributed by atoms with Crippen LogP contribution in [-0.2, 0) is 9.59 Å². The molecule has 3 unspecified atom stereocenters. The summed E-state index contributed by atoms with van der Waals surface area (Å²) >= 11 is 0. The number of ketones is 2. The third kappa shape index (κ3) is 4.45. The highest BCUT2D eigenvalue weighted by Crippen LogP contribution is 2.42. The number of rotatable bonds is 6. The molecule has 26 heavy (non-hydrogen) atoms. The van der Waals surface area contributed by atoms with Crippen LogP contribution in [0.5, 0.6) is 0 Å². The van der Waals surface area contributed by atoms with E-state index >= 15 is 0 Å². The van der Waals surface area contributed by atoms with Crippen LogP contribution in [0.2, 0.25) is 0 Å². The van der Waals surface area contributed by atoms with Gasteiger partial charge in [-0.05, 0) is 49.0 Å². The second-order valence-electron chi connectivity index (χ2n) is 8.77. The van der Waals surface area contributed by atoms with E-state index in [4.69, 9.17) is 0 Å². The standard InChI is InChI=1S/C24H34O2/c1-3-7-18-11-13-20(14-12-18)23(19-8-5-4-6-9-19)24(26)21-15-10-17(2)16-22(21)25/h4-6,8-9,17-18,20-21,23H,3,7,10-16H2,1-2H3. The zero-order valence-electron chi connectivity index (χ0n) is 16.5. The summed E-state index contributed by atoms with van der Waals surface area (Å²) in [5, 5.41) is 0. The van der Waals surface area contributed by atoms with Crippen LogP contribution in [0.3, 0.4) is 0 Å². The third-order valence-corrected chi connectivity index (χ3v) is 6.75. The van der Waals surface area contributed by atoms with E-state index in [9.17, 15) is 9.59 Å². The monoisotopic (exact) mass is 354 g/mol. The molecule has 3 atom stereocenters. The Morgan fingerprint density at radius 2 is 1.73 bits per heavy atom. The number of hydrogen-bond acceptors (Lipinski definition) is 2. The smallest absolute Gasteiger partial charge is 0.151 e. The highest BCUT2D eigenvalue weighted by Gasteiger charge is 2.40. The summed E-state index contributed by atoms with van der Waals surface area (Å²) in [7, 11) is 0. The van der Waals surface area contributed by atoms with Crippen LogP contribution in [0.1, 0.15) is 83.1 Å². The van der Waals surface area contributed by atoms with Crippen molar-refractivity contribution in [2.75, 3.05) is 0 Å². The molecule has 0 aliphatic heterocycles. The molecule has 142 valence electrons. The number of hydrogen-bond donors (Lipinski definition) is 0. The summed E-state index contributed by atoms with van der Waals surface area (Å²) in [6.07, 6.45) is 9.66. The fraction of sp³-hybridized carbons (Fsp3) is 0.667. The maximum Gasteiger partial charge on any atom is 0.151 e. The maximum absolute atomic E-state index is 13.5. The molecule has 0 aromatic heterocycles. The number of carbonyl (C=O) groups is 2. The molecule has 2 nitrogen and oxygen atoms in total. The van der Waals surface area contributed by atoms with E-state index in [1.54, 1.807) is 0 Å². The lowest BCUT2D eigenvalue weighted by molar-refractivity contribution is -0.137. The minimum Gasteiger partial charge on any atom is -0.299 e. The Morgan fingerprint density at radius 1 is 1.04 bits per heavy atom. The average Bonchev–Trinajstić information content (AvgIpc) is 2.64. The lowest BCUT2D eigenvalue weighted by atomic mass is 9.67. The molecule has 1 aromatic carbocycles. The molecule has 0 N–H and O–H groups in total. The Hall–Kier alpha value is -1.44. The van der Waals surface area contributed by atoms with Gasteiger partial charge < -0.3 is 0 Å². The largest absolute Gasteiger partial charge is 0.299 e. The fourth-order valence-corrected chi connectivity index (χ4v) is 5.27. The van der Waals surface area contributed by atoms with Gasteiger partial charge in [0.2, 0.25) is 0 Å². The second-order valence-corrected chi connectivity index (χ2v) is 8.77. The lowest BCUT2D eigenvalue weighted by Crippen LogP contribution is -2.36. The topological polar surface area (TPSA) is 34.1 Å². The molecule has 0 amide bonds. The SMILES string of the molecule is CCCC1CCC(C(C(=O)C2CCC(C)CC2=O)c2ccccc2)CC1. The summed E-state index contributed by atoms with van der Waals surface area (Å²) in [4.78, 5) is 26.1. The van der Waals surface area contributed by atoms with Crippen LogP contribution < -0.4 is 0 Å². The molecule has 2 fully saturated rings. The van der Waals surface area contributed by atoms with E-state index in [2.05, 4.69) is 26.0 Å². The van der Waals surface area contributed by atoms with Crippen molar-refractivity contribution in [3.8, 4) is 0 Å². The van der Waals surface area contributed by atoms with Crippen molar-refractivity contribution in [1.82, 2.24) is 0 Å². The Labute approximate surface area is 158 Å². The van der Waals surface area contributed by atoms with E-state index in [-0.39, 0.29) is 23.4 Å². The van der Waals surface area contributed by atoms with Crippen molar-refractivity contribution >= 4 is 11.6 Å². The van der Waals surface area contributed by atoms with Gasteiger partial charge in [0.05, 0.1) is 5.92 Å². The van der Waals surface area contributed by atoms with Crippen LogP contribution in [0.4, 0.5) is 0 Å². The van der Waals surface area contributed by atoms with Crippen LogP contribution in [0.25, 0.3) is 0 Å². The number of Topliss-reactive ketones (excluding diaryl/α,β-unsaturated/α-hetero) is 2. The van der Waals surface area contributed by atoms with Crippen LogP contribution >= 0.6 is 0 Å². The first-order valence-electron chi connectivity index (χ1n) is 10.7. The first-order valence-corrected chi connectivity index (χ1v) is 10.7. The fourth-order valence-electron chi connectivity index (χ4n) is 5.27. The number of benzene rings is 1. The molecule has 2 saturated carbocycles. The lowest BCUT2D eigenvalue weighted by Gasteiger charge is -2.36. The van der Waals surface area contributed by atoms with Gasteiger partial charge in [0.1, 0.15) is 5.78 Å². The van der Waals surface area contributed by atoms with Crippen molar-refractivity contribution < 1.29 is 9.59 Å². The van der Waals surface area contributed by atoms with Gasteiger partial charge in [0.25, 0.3) is 0 Å². The summed E-state index contributed by atoms with van der Waals surface area (Å²) < 4.78 is 0. The van der Waals surface area contributed by atoms with Gasteiger partial charge in [0.15, 0.2) is 5.78 Å². The van der Waals surface area contributed by atoms with Crippen molar-refractivity contribution in [1.29, 1.82) is 0 Å². The predicted octanol–water partition coefficient (Wildman–Crippen LogP) is 5.95. The molecular weight excluding hydrogens is 320 g/mol. The zero-order chi connectivity index (χ0) is 18.5. The van der Waals surface area contributed by atoms with Gasteiger partial charge in [-0.15, -0.1) is 0 Å². The molecular formula is C24H34O2. The van der Waals surface area contributed by atoms with E-state index in [1.165, 1.54) is 25.7 Å². The van der Waals surface area contributed by atoms with Gasteiger partial charge in [-0.3, -0.25) is 9.59 Å². The molecule has 2 heteroatoms. The molecule has 0 spiro atoms. The van der Waals surface area contributed by atoms with E-state index in [1.807, 2.05) is 18.2 Å². The highest BCUT2D eigenvalue weighted by molar-refractivity contribution is 6.05. The van der Waals surface area contributed by atoms with Gasteiger partial charge in [-0.25, -0.2) is 0 Å². The Balaban J connectivity index is 1.78. The van der Waals surface area contributed by atoms with Gasteiger partial charge in [0, 0.05) is 12.3 Å². The van der Waals surface area contributed by atoms with Gasteiger partial charge >= 0.3 is 0 Å². The minimum absolute atomic E-state index is 0.0823. The Morgan fingerprint density at radius 3 is 2.35 bits per heavy atom. The first kappa shape index (κ1) is 19.3. The molecule has 0 heterocycles. The second kappa shape index (κ2) is 8.97. The summed E-state index contributed by atoms with van der Waals surface area (Å²) in [5.74, 6) is 1.64. The molecule has 0 radical (unpaired) electrons. The van der Waals surface area contributed by atoms with Crippen molar-refractivity contribution in [3.05, 3.63) is 35.9 Å². The summed E-state index contributed by atoms with van der Waals surface area (Å²) in [6.45, 7) is 4.39. The van der Waals surface area contributed by atoms with Crippen molar-refractivity contribution in [3.63, 3.8) is 0 Å². The average molecular weight is 355 g/mol. The Bertz CT molecular complexity index is 598. The van der Waals surface area contributed by atoms with Gasteiger partial charge in [-0.2, -0.15) is 0 Å². The first-order chi connectivity index (χ1) is 12.6. The molecule has 0 saturated heterocycles. The van der Waals surface area contributed by atoms with Crippen LogP contribution in [0, 0.1) is 23.7 Å². The van der Waals surface area contributed by atoms with Gasteiger partial charge in [-0.1, -0.05) is 69.9 Å². The van der Waals surface area contributed by atoms with E-state index < -0.39 is 0 Å². The van der Waals surface area contributed by atoms with Crippen LogP contribution in [0.15, 0.2) is 30.3 Å². The zero-order valence-corrected chi connectivity index (χ0v) is 16.5. The maximum atomic E-state index is 13.5. The molecule has 3 rings (SSSR count). The molecule has 1 aromatic rings. The minimum atomic E-state index is -0.357. The van der Waals surface area contributed by atoms with Crippen molar-refractivity contribution in [2.24, 2.45) is 23.7 Å². The molecule has 0 bridgehead atoms. The summed E-state index contributed by atoms with van der Waals surface area (Å²) in [6, 6.07) is 10.3. The predicted molar refractivity (Wildman–Crippen MR) is 106 cm³/mol. The quantitative estimate of drug-likeness (QED) is 0.591. The Kier molecular flexibility index (Phi) is 6.67. The van der Waals surface area contributed by atoms with Crippen LogP contribution in [-0.4, -0.2) is 11.6 Å². The number of carbonyl (C=O) groups excluding carboxylic acids is 2. The van der Waals surface area contributed by atoms with E-state index in [0.717, 1.165) is 37.2 Å². The normalized spacial score (nSPS) is 30.8. The summed E-state index contributed by atoms with van der Waals surface area (Å²) in [5.41, 5.74) is 1.13. The third-order valence-electron chi connectivity index (χ3n) is 6.75. The molecule has 2 aliphatic carbocycles. The highest BCUT2D eigenvalue weighted by atomic mass is 16.2. The molecule has 2 aliphatic rings.